The summed E-state index contributed by atoms with van der Waals surface area (Å²) in [7, 11) is -2.34. The molecule has 0 saturated heterocycles. The van der Waals surface area contributed by atoms with Crippen LogP contribution < -0.4 is 19.1 Å². The lowest BCUT2D eigenvalue weighted by atomic mass is 10.1. The maximum atomic E-state index is 13.1. The fourth-order valence-corrected chi connectivity index (χ4v) is 4.87. The number of aromatic nitrogens is 1. The summed E-state index contributed by atoms with van der Waals surface area (Å²) >= 11 is 0. The van der Waals surface area contributed by atoms with E-state index in [2.05, 4.69) is 9.71 Å². The zero-order valence-corrected chi connectivity index (χ0v) is 18.7. The van der Waals surface area contributed by atoms with Crippen LogP contribution in [0.2, 0.25) is 0 Å². The van der Waals surface area contributed by atoms with Crippen molar-refractivity contribution in [1.82, 2.24) is 4.98 Å². The zero-order chi connectivity index (χ0) is 22.9. The van der Waals surface area contributed by atoms with Crippen molar-refractivity contribution in [2.45, 2.75) is 31.2 Å². The van der Waals surface area contributed by atoms with E-state index >= 15 is 0 Å². The molecular weight excluding hydrogens is 430 g/mol. The zero-order valence-electron chi connectivity index (χ0n) is 17.9. The second kappa shape index (κ2) is 8.51. The molecule has 1 aromatic heterocycles. The Morgan fingerprint density at radius 2 is 1.84 bits per heavy atom. The number of nitrogens with one attached hydrogen (secondary N) is 1. The Kier molecular flexibility index (Phi) is 5.75. The lowest BCUT2D eigenvalue weighted by molar-refractivity contribution is -0.116. The second-order valence-corrected chi connectivity index (χ2v) is 9.15. The monoisotopic (exact) mass is 453 g/mol. The van der Waals surface area contributed by atoms with Gasteiger partial charge in [-0.15, -0.1) is 0 Å². The third kappa shape index (κ3) is 4.24. The molecule has 0 fully saturated rings. The van der Waals surface area contributed by atoms with E-state index in [-0.39, 0.29) is 28.4 Å². The Hall–Kier alpha value is -3.59. The second-order valence-electron chi connectivity index (χ2n) is 7.47. The third-order valence-electron chi connectivity index (χ3n) is 5.21. The van der Waals surface area contributed by atoms with Gasteiger partial charge in [-0.05, 0) is 73.5 Å². The molecule has 3 aromatic rings. The molecule has 1 N–H and O–H groups in total. The molecule has 0 spiro atoms. The average Bonchev–Trinajstić information content (AvgIpc) is 3.10. The van der Waals surface area contributed by atoms with Crippen LogP contribution in [0.3, 0.4) is 0 Å². The number of ether oxygens (including phenoxy) is 2. The van der Waals surface area contributed by atoms with Crippen molar-refractivity contribution in [3.63, 3.8) is 0 Å². The van der Waals surface area contributed by atoms with E-state index in [9.17, 15) is 13.2 Å². The number of carbonyl (C=O) groups is 1. The summed E-state index contributed by atoms with van der Waals surface area (Å²) < 4.78 is 39.7. The van der Waals surface area contributed by atoms with Crippen LogP contribution in [-0.2, 0) is 21.2 Å². The van der Waals surface area contributed by atoms with Gasteiger partial charge in [-0.3, -0.25) is 9.52 Å². The van der Waals surface area contributed by atoms with Crippen molar-refractivity contribution in [2.75, 3.05) is 16.7 Å². The van der Waals surface area contributed by atoms with Crippen molar-refractivity contribution in [3.8, 4) is 17.4 Å². The highest BCUT2D eigenvalue weighted by atomic mass is 32.2. The van der Waals surface area contributed by atoms with Gasteiger partial charge in [0.15, 0.2) is 0 Å². The maximum absolute atomic E-state index is 13.1. The van der Waals surface area contributed by atoms with Gasteiger partial charge in [-0.1, -0.05) is 0 Å². The van der Waals surface area contributed by atoms with Gasteiger partial charge < -0.3 is 14.4 Å². The number of hydrogen-bond donors (Lipinski definition) is 1. The molecule has 0 radical (unpaired) electrons. The highest BCUT2D eigenvalue weighted by Gasteiger charge is 2.30. The molecule has 1 unspecified atom stereocenters. The quantitative estimate of drug-likeness (QED) is 0.606. The summed E-state index contributed by atoms with van der Waals surface area (Å²) in [4.78, 5) is 17.9. The number of sulfonamides is 1. The van der Waals surface area contributed by atoms with Crippen LogP contribution in [0.1, 0.15) is 19.4 Å². The Bertz CT molecular complexity index is 1260. The van der Waals surface area contributed by atoms with Crippen molar-refractivity contribution in [3.05, 3.63) is 66.4 Å². The van der Waals surface area contributed by atoms with Gasteiger partial charge in [-0.2, -0.15) is 0 Å². The lowest BCUT2D eigenvalue weighted by Gasteiger charge is -2.20. The molecule has 9 heteroatoms. The number of anilines is 2. The van der Waals surface area contributed by atoms with Crippen LogP contribution in [-0.4, -0.2) is 32.5 Å². The Morgan fingerprint density at radius 1 is 1.12 bits per heavy atom. The number of fused-ring (bicyclic) bond motifs is 1. The Labute approximate surface area is 186 Å². The van der Waals surface area contributed by atoms with Crippen LogP contribution in [0.15, 0.2) is 65.7 Å². The summed E-state index contributed by atoms with van der Waals surface area (Å²) in [6.07, 6.45) is 2.11. The third-order valence-corrected chi connectivity index (χ3v) is 6.57. The predicted octanol–water partition coefficient (Wildman–Crippen LogP) is 3.98. The van der Waals surface area contributed by atoms with Crippen molar-refractivity contribution in [2.24, 2.45) is 0 Å². The molecule has 4 rings (SSSR count). The molecular formula is C23H23N3O5S. The highest BCUT2D eigenvalue weighted by molar-refractivity contribution is 7.92. The van der Waals surface area contributed by atoms with E-state index < -0.39 is 10.0 Å². The van der Waals surface area contributed by atoms with Gasteiger partial charge in [0.2, 0.25) is 11.8 Å². The van der Waals surface area contributed by atoms with Gasteiger partial charge in [0.25, 0.3) is 10.0 Å². The van der Waals surface area contributed by atoms with Gasteiger partial charge in [0, 0.05) is 24.8 Å². The van der Waals surface area contributed by atoms with Crippen LogP contribution in [0, 0.1) is 0 Å². The lowest BCUT2D eigenvalue weighted by Crippen LogP contribution is -2.33. The minimum atomic E-state index is -3.91. The number of amides is 1. The summed E-state index contributed by atoms with van der Waals surface area (Å²) in [6.45, 7) is 3.44. The van der Waals surface area contributed by atoms with E-state index in [4.69, 9.17) is 9.47 Å². The Morgan fingerprint density at radius 3 is 2.53 bits per heavy atom. The molecule has 0 aliphatic carbocycles. The van der Waals surface area contributed by atoms with E-state index in [1.807, 2.05) is 6.92 Å². The van der Waals surface area contributed by atoms with Gasteiger partial charge in [0.1, 0.15) is 17.2 Å². The van der Waals surface area contributed by atoms with Crippen LogP contribution in [0.5, 0.6) is 17.4 Å². The molecule has 8 nitrogen and oxygen atoms in total. The first kappa shape index (κ1) is 21.6. The standard InChI is InChI=1S/C23H23N3O5S/c1-15-13-17-14-20(10-11-22(17)26(15)16(2)27)32(28,29)25-21-5-4-12-24-23(21)31-19-8-6-18(30-3)7-9-19/h4-12,14-15,25H,13H2,1-3H3. The fraction of sp³-hybridized carbons (Fsp3) is 0.217. The summed E-state index contributed by atoms with van der Waals surface area (Å²) in [5.41, 5.74) is 1.77. The first-order chi connectivity index (χ1) is 15.3. The van der Waals surface area contributed by atoms with Crippen LogP contribution >= 0.6 is 0 Å². The number of pyridine rings is 1. The molecule has 1 aliphatic heterocycles. The number of benzene rings is 2. The summed E-state index contributed by atoms with van der Waals surface area (Å²) in [5.74, 6) is 1.22. The highest BCUT2D eigenvalue weighted by Crippen LogP contribution is 2.35. The first-order valence-corrected chi connectivity index (χ1v) is 11.5. The number of rotatable bonds is 6. The van der Waals surface area contributed by atoms with Gasteiger partial charge >= 0.3 is 0 Å². The molecule has 1 aliphatic rings. The minimum absolute atomic E-state index is 0.0174. The van der Waals surface area contributed by atoms with E-state index in [0.717, 1.165) is 11.3 Å². The molecule has 0 saturated carbocycles. The molecule has 32 heavy (non-hydrogen) atoms. The topological polar surface area (TPSA) is 97.8 Å². The van der Waals surface area contributed by atoms with E-state index in [1.54, 1.807) is 60.5 Å². The first-order valence-electron chi connectivity index (χ1n) is 10.0. The van der Waals surface area contributed by atoms with Gasteiger partial charge in [-0.25, -0.2) is 13.4 Å². The molecule has 1 atom stereocenters. The minimum Gasteiger partial charge on any atom is -0.497 e. The van der Waals surface area contributed by atoms with Crippen LogP contribution in [0.4, 0.5) is 11.4 Å². The summed E-state index contributed by atoms with van der Waals surface area (Å²) in [6, 6.07) is 14.8. The Balaban J connectivity index is 1.59. The molecule has 2 aromatic carbocycles. The number of hydrogen-bond acceptors (Lipinski definition) is 6. The molecule has 0 bridgehead atoms. The molecule has 1 amide bonds. The fourth-order valence-electron chi connectivity index (χ4n) is 3.76. The van der Waals surface area contributed by atoms with Crippen molar-refractivity contribution >= 4 is 27.3 Å². The van der Waals surface area contributed by atoms with E-state index in [0.29, 0.717) is 17.9 Å². The smallest absolute Gasteiger partial charge is 0.262 e. The molecule has 166 valence electrons. The average molecular weight is 454 g/mol. The predicted molar refractivity (Wildman–Crippen MR) is 121 cm³/mol. The van der Waals surface area contributed by atoms with Crippen molar-refractivity contribution in [1.29, 1.82) is 0 Å². The number of nitrogens with zero attached hydrogens (tertiary/aromatic N) is 2. The maximum Gasteiger partial charge on any atom is 0.262 e. The number of carbonyl (C=O) groups excluding carboxylic acids is 1. The van der Waals surface area contributed by atoms with Crippen molar-refractivity contribution < 1.29 is 22.7 Å². The van der Waals surface area contributed by atoms with E-state index in [1.165, 1.54) is 19.2 Å². The normalized spacial score (nSPS) is 15.2. The SMILES string of the molecule is COc1ccc(Oc2ncccc2NS(=O)(=O)c2ccc3c(c2)CC(C)N3C(C)=O)cc1. The van der Waals surface area contributed by atoms with Crippen LogP contribution in [0.25, 0.3) is 0 Å². The molecule has 2 heterocycles. The van der Waals surface area contributed by atoms with Gasteiger partial charge in [0.05, 0.1) is 12.0 Å². The number of methoxy groups -OCH3 is 1. The largest absolute Gasteiger partial charge is 0.497 e. The summed E-state index contributed by atoms with van der Waals surface area (Å²) in [5, 5.41) is 0.